The molecule has 1 N–H and O–H groups in total. The molecule has 1 fully saturated rings. The van der Waals surface area contributed by atoms with Gasteiger partial charge in [0.2, 0.25) is 0 Å². The first-order chi connectivity index (χ1) is 11.3. The number of nitrogens with one attached hydrogen (secondary N) is 1. The van der Waals surface area contributed by atoms with Crippen LogP contribution in [0.4, 0.5) is 5.82 Å². The molecule has 0 spiro atoms. The Morgan fingerprint density at radius 2 is 2.30 bits per heavy atom. The van der Waals surface area contributed by atoms with Crippen molar-refractivity contribution in [3.63, 3.8) is 0 Å². The molecule has 1 saturated heterocycles. The average Bonchev–Trinajstić information content (AvgIpc) is 2.99. The highest BCUT2D eigenvalue weighted by molar-refractivity contribution is 5.54. The molecule has 5 nitrogen and oxygen atoms in total. The number of ether oxygens (including phenoxy) is 2. The van der Waals surface area contributed by atoms with Gasteiger partial charge in [-0.2, -0.15) is 0 Å². The fourth-order valence-corrected chi connectivity index (χ4v) is 3.46. The molecule has 0 amide bonds. The smallest absolute Gasteiger partial charge is 0.133 e. The summed E-state index contributed by atoms with van der Waals surface area (Å²) in [5.74, 6) is 2.01. The Labute approximate surface area is 139 Å². The van der Waals surface area contributed by atoms with Crippen LogP contribution < -0.4 is 10.1 Å². The molecule has 128 valence electrons. The summed E-state index contributed by atoms with van der Waals surface area (Å²) in [5.41, 5.74) is 2.35. The number of methoxy groups -OCH3 is 1. The van der Waals surface area contributed by atoms with Gasteiger partial charge >= 0.3 is 0 Å². The predicted octanol–water partition coefficient (Wildman–Crippen LogP) is 2.49. The average molecular weight is 319 g/mol. The highest BCUT2D eigenvalue weighted by Crippen LogP contribution is 2.30. The number of aryl methyl sites for hydroxylation is 1. The van der Waals surface area contributed by atoms with Gasteiger partial charge in [0.1, 0.15) is 11.6 Å². The van der Waals surface area contributed by atoms with E-state index in [2.05, 4.69) is 23.3 Å². The minimum Gasteiger partial charge on any atom is -0.496 e. The van der Waals surface area contributed by atoms with Gasteiger partial charge in [-0.15, -0.1) is 0 Å². The number of fused-ring (bicyclic) bond motifs is 1. The number of hydrogen-bond donors (Lipinski definition) is 1. The van der Waals surface area contributed by atoms with E-state index in [1.54, 1.807) is 7.11 Å². The Kier molecular flexibility index (Phi) is 5.73. The summed E-state index contributed by atoms with van der Waals surface area (Å²) in [5, 5.41) is 3.40. The van der Waals surface area contributed by atoms with Gasteiger partial charge < -0.3 is 19.7 Å². The van der Waals surface area contributed by atoms with Crippen molar-refractivity contribution in [2.75, 3.05) is 45.7 Å². The molecule has 2 aliphatic rings. The number of anilines is 1. The lowest BCUT2D eigenvalue weighted by Gasteiger charge is -2.20. The summed E-state index contributed by atoms with van der Waals surface area (Å²) in [6.07, 6.45) is 7.00. The molecule has 2 aliphatic heterocycles. The molecule has 0 radical (unpaired) electrons. The first-order valence-electron chi connectivity index (χ1n) is 8.87. The fraction of sp³-hybridized carbons (Fsp3) is 0.722. The maximum Gasteiger partial charge on any atom is 0.133 e. The van der Waals surface area contributed by atoms with E-state index in [4.69, 9.17) is 14.5 Å². The molecule has 1 aromatic rings. The van der Waals surface area contributed by atoms with Crippen molar-refractivity contribution in [1.29, 1.82) is 0 Å². The lowest BCUT2D eigenvalue weighted by molar-refractivity contribution is 0.0585. The van der Waals surface area contributed by atoms with Gasteiger partial charge in [0.05, 0.1) is 13.2 Å². The quantitative estimate of drug-likeness (QED) is 0.783. The van der Waals surface area contributed by atoms with E-state index in [-0.39, 0.29) is 0 Å². The van der Waals surface area contributed by atoms with Gasteiger partial charge in [-0.3, -0.25) is 0 Å². The molecule has 0 unspecified atom stereocenters. The Morgan fingerprint density at radius 1 is 1.39 bits per heavy atom. The summed E-state index contributed by atoms with van der Waals surface area (Å²) >= 11 is 0. The van der Waals surface area contributed by atoms with Gasteiger partial charge in [-0.25, -0.2) is 4.98 Å². The second-order valence-electron chi connectivity index (χ2n) is 6.67. The zero-order chi connectivity index (χ0) is 16.1. The largest absolute Gasteiger partial charge is 0.496 e. The van der Waals surface area contributed by atoms with Crippen molar-refractivity contribution >= 4 is 5.82 Å². The summed E-state index contributed by atoms with van der Waals surface area (Å²) in [6.45, 7) is 4.11. The van der Waals surface area contributed by atoms with Crippen LogP contribution in [0.3, 0.4) is 0 Å². The summed E-state index contributed by atoms with van der Waals surface area (Å²) in [7, 11) is 3.91. The number of nitrogens with zero attached hydrogens (tertiary/aromatic N) is 2. The van der Waals surface area contributed by atoms with Crippen molar-refractivity contribution in [2.24, 2.45) is 0 Å². The minimum atomic E-state index is 0.436. The van der Waals surface area contributed by atoms with E-state index in [1.165, 1.54) is 12.0 Å². The van der Waals surface area contributed by atoms with Gasteiger partial charge in [0.25, 0.3) is 0 Å². The molecule has 1 aromatic heterocycles. The topological polar surface area (TPSA) is 46.6 Å². The van der Waals surface area contributed by atoms with Crippen molar-refractivity contribution in [2.45, 2.75) is 44.6 Å². The van der Waals surface area contributed by atoms with Crippen LogP contribution in [0.25, 0.3) is 0 Å². The number of hydrogen-bond acceptors (Lipinski definition) is 5. The third-order valence-electron chi connectivity index (χ3n) is 4.78. The molecule has 3 heterocycles. The normalized spacial score (nSPS) is 21.0. The van der Waals surface area contributed by atoms with Gasteiger partial charge in [-0.1, -0.05) is 0 Å². The number of likely N-dealkylation sites (tertiary alicyclic amines) is 1. The zero-order valence-corrected chi connectivity index (χ0v) is 14.4. The van der Waals surface area contributed by atoms with Gasteiger partial charge in [-0.05, 0) is 45.6 Å². The first-order valence-corrected chi connectivity index (χ1v) is 8.87. The van der Waals surface area contributed by atoms with Crippen molar-refractivity contribution in [3.8, 4) is 5.75 Å². The number of pyridine rings is 1. The predicted molar refractivity (Wildman–Crippen MR) is 92.4 cm³/mol. The van der Waals surface area contributed by atoms with Crippen LogP contribution in [0.15, 0.2) is 6.07 Å². The zero-order valence-electron chi connectivity index (χ0n) is 14.4. The van der Waals surface area contributed by atoms with Crippen molar-refractivity contribution in [1.82, 2.24) is 9.88 Å². The van der Waals surface area contributed by atoms with Crippen LogP contribution in [0.1, 0.15) is 36.9 Å². The number of rotatable bonds is 7. The number of unbranched alkanes of at least 4 members (excludes halogenated alkanes) is 1. The molecule has 1 atom stereocenters. The molecular weight excluding hydrogens is 290 g/mol. The van der Waals surface area contributed by atoms with Crippen LogP contribution >= 0.6 is 0 Å². The molecule has 0 saturated carbocycles. The highest BCUT2D eigenvalue weighted by atomic mass is 16.5. The van der Waals surface area contributed by atoms with E-state index < -0.39 is 0 Å². The molecular formula is C18H29N3O2. The van der Waals surface area contributed by atoms with Crippen LogP contribution in [0.2, 0.25) is 0 Å². The fourth-order valence-electron chi connectivity index (χ4n) is 3.46. The van der Waals surface area contributed by atoms with Crippen LogP contribution in [0, 0.1) is 0 Å². The minimum absolute atomic E-state index is 0.436. The van der Waals surface area contributed by atoms with E-state index in [9.17, 15) is 0 Å². The Morgan fingerprint density at radius 3 is 3.09 bits per heavy atom. The molecule has 3 rings (SSSR count). The van der Waals surface area contributed by atoms with Crippen molar-refractivity contribution < 1.29 is 9.47 Å². The standard InChI is InChI=1S/C18H29N3O2/c1-21-10-8-15(13-21)23-11-4-3-6-14-12-17(22-2)16-7-5-9-19-18(16)20-14/h12,15H,3-11,13H2,1-2H3,(H,19,20)/t15-/m1/s1. The van der Waals surface area contributed by atoms with Gasteiger partial charge in [0, 0.05) is 43.6 Å². The summed E-state index contributed by atoms with van der Waals surface area (Å²) in [4.78, 5) is 7.10. The monoisotopic (exact) mass is 319 g/mol. The summed E-state index contributed by atoms with van der Waals surface area (Å²) in [6, 6.07) is 2.11. The second-order valence-corrected chi connectivity index (χ2v) is 6.67. The summed E-state index contributed by atoms with van der Waals surface area (Å²) < 4.78 is 11.5. The number of likely N-dealkylation sites (N-methyl/N-ethyl adjacent to an activating group) is 1. The third kappa shape index (κ3) is 4.36. The Balaban J connectivity index is 1.45. The van der Waals surface area contributed by atoms with Crippen molar-refractivity contribution in [3.05, 3.63) is 17.3 Å². The van der Waals surface area contributed by atoms with Crippen LogP contribution in [-0.4, -0.2) is 56.4 Å². The third-order valence-corrected chi connectivity index (χ3v) is 4.78. The lowest BCUT2D eigenvalue weighted by atomic mass is 10.0. The van der Waals surface area contributed by atoms with E-state index in [0.717, 1.165) is 75.6 Å². The Bertz CT molecular complexity index is 504. The highest BCUT2D eigenvalue weighted by Gasteiger charge is 2.19. The number of aromatic nitrogens is 1. The molecule has 0 aliphatic carbocycles. The molecule has 0 bridgehead atoms. The maximum atomic E-state index is 5.95. The van der Waals surface area contributed by atoms with Crippen LogP contribution in [0.5, 0.6) is 5.75 Å². The second kappa shape index (κ2) is 7.97. The van der Waals surface area contributed by atoms with Gasteiger partial charge in [0.15, 0.2) is 0 Å². The van der Waals surface area contributed by atoms with E-state index >= 15 is 0 Å². The molecule has 23 heavy (non-hydrogen) atoms. The lowest BCUT2D eigenvalue weighted by Crippen LogP contribution is -2.19. The van der Waals surface area contributed by atoms with Crippen LogP contribution in [-0.2, 0) is 17.6 Å². The maximum absolute atomic E-state index is 5.95. The first kappa shape index (κ1) is 16.5. The molecule has 0 aromatic carbocycles. The Hall–Kier alpha value is -1.33. The molecule has 5 heteroatoms. The SMILES string of the molecule is COc1cc(CCCCO[C@@H]2CCN(C)C2)nc2c1CCCN2. The van der Waals surface area contributed by atoms with E-state index in [0.29, 0.717) is 6.10 Å². The van der Waals surface area contributed by atoms with E-state index in [1.807, 2.05) is 0 Å².